The predicted molar refractivity (Wildman–Crippen MR) is 94.4 cm³/mol. The van der Waals surface area contributed by atoms with Crippen LogP contribution in [0.15, 0.2) is 29.1 Å². The van der Waals surface area contributed by atoms with Gasteiger partial charge in [0.05, 0.1) is 11.4 Å². The summed E-state index contributed by atoms with van der Waals surface area (Å²) < 4.78 is 1.88. The maximum Gasteiger partial charge on any atom is 0.287 e. The molecule has 1 aliphatic rings. The Balaban J connectivity index is 1.77. The summed E-state index contributed by atoms with van der Waals surface area (Å²) in [5.41, 5.74) is 5.02. The molecule has 1 aromatic carbocycles. The minimum atomic E-state index is -0.348. The molecule has 4 rings (SSSR count). The molecule has 0 spiro atoms. The highest BCUT2D eigenvalue weighted by molar-refractivity contribution is 6.04. The van der Waals surface area contributed by atoms with Crippen LogP contribution in [-0.4, -0.2) is 25.9 Å². The van der Waals surface area contributed by atoms with Crippen molar-refractivity contribution >= 4 is 11.6 Å². The van der Waals surface area contributed by atoms with E-state index in [9.17, 15) is 9.59 Å². The van der Waals surface area contributed by atoms with Crippen molar-refractivity contribution in [2.24, 2.45) is 0 Å². The number of hydrogen-bond acceptors (Lipinski definition) is 3. The summed E-state index contributed by atoms with van der Waals surface area (Å²) >= 11 is 0. The van der Waals surface area contributed by atoms with Gasteiger partial charge in [-0.05, 0) is 44.7 Å². The van der Waals surface area contributed by atoms with Gasteiger partial charge >= 0.3 is 0 Å². The van der Waals surface area contributed by atoms with E-state index < -0.39 is 0 Å². The number of fused-ring (bicyclic) bond motifs is 1. The summed E-state index contributed by atoms with van der Waals surface area (Å²) in [7, 11) is 0. The summed E-state index contributed by atoms with van der Waals surface area (Å²) in [4.78, 5) is 24.5. The van der Waals surface area contributed by atoms with Crippen molar-refractivity contribution in [2.75, 3.05) is 5.32 Å². The van der Waals surface area contributed by atoms with Crippen molar-refractivity contribution in [3.05, 3.63) is 62.8 Å². The zero-order valence-corrected chi connectivity index (χ0v) is 14.1. The van der Waals surface area contributed by atoms with E-state index in [1.807, 2.05) is 35.9 Å². The SMILES string of the molecule is Cc1ccccc1-n1nc(C(=O)Nc2c(C)[nH][nH]c2=O)c2c1CCC2. The molecule has 0 unspecified atom stereocenters. The average molecular weight is 337 g/mol. The highest BCUT2D eigenvalue weighted by Gasteiger charge is 2.28. The second kappa shape index (κ2) is 5.77. The number of hydrogen-bond donors (Lipinski definition) is 3. The molecule has 7 nitrogen and oxygen atoms in total. The molecule has 3 N–H and O–H groups in total. The number of para-hydroxylation sites is 1. The lowest BCUT2D eigenvalue weighted by Crippen LogP contribution is -2.19. The predicted octanol–water partition coefficient (Wildman–Crippen LogP) is 2.25. The Morgan fingerprint density at radius 1 is 1.20 bits per heavy atom. The number of amides is 1. The second-order valence-corrected chi connectivity index (χ2v) is 6.36. The lowest BCUT2D eigenvalue weighted by molar-refractivity contribution is 0.102. The first-order valence-corrected chi connectivity index (χ1v) is 8.31. The molecule has 0 radical (unpaired) electrons. The molecular weight excluding hydrogens is 318 g/mol. The highest BCUT2D eigenvalue weighted by atomic mass is 16.2. The number of aryl methyl sites for hydroxylation is 2. The van der Waals surface area contributed by atoms with Crippen LogP contribution in [0.1, 0.15) is 39.4 Å². The van der Waals surface area contributed by atoms with Gasteiger partial charge in [-0.15, -0.1) is 0 Å². The first-order chi connectivity index (χ1) is 12.1. The Hall–Kier alpha value is -3.09. The third-order valence-corrected chi connectivity index (χ3v) is 4.69. The molecule has 3 aromatic rings. The van der Waals surface area contributed by atoms with Crippen LogP contribution < -0.4 is 10.9 Å². The van der Waals surface area contributed by atoms with Crippen molar-refractivity contribution < 1.29 is 4.79 Å². The summed E-state index contributed by atoms with van der Waals surface area (Å²) in [5.74, 6) is -0.348. The van der Waals surface area contributed by atoms with Crippen molar-refractivity contribution in [1.29, 1.82) is 0 Å². The number of rotatable bonds is 3. The lowest BCUT2D eigenvalue weighted by Gasteiger charge is -2.08. The standard InChI is InChI=1S/C18H19N5O2/c1-10-6-3-4-8-13(10)23-14-9-5-7-12(14)16(22-23)17(24)19-15-11(2)20-21-18(15)25/h3-4,6,8H,5,7,9H2,1-2H3,(H,19,24)(H2,20,21,25). The maximum absolute atomic E-state index is 12.8. The van der Waals surface area contributed by atoms with Gasteiger partial charge in [0, 0.05) is 11.3 Å². The summed E-state index contributed by atoms with van der Waals surface area (Å²) in [6, 6.07) is 7.98. The Labute approximate surface area is 144 Å². The van der Waals surface area contributed by atoms with Crippen LogP contribution >= 0.6 is 0 Å². The first-order valence-electron chi connectivity index (χ1n) is 8.31. The molecule has 0 saturated heterocycles. The van der Waals surface area contributed by atoms with Crippen LogP contribution in [0.3, 0.4) is 0 Å². The van der Waals surface area contributed by atoms with Gasteiger partial charge in [0.15, 0.2) is 5.69 Å². The smallest absolute Gasteiger partial charge is 0.287 e. The molecule has 7 heteroatoms. The van der Waals surface area contributed by atoms with Crippen molar-refractivity contribution in [3.63, 3.8) is 0 Å². The normalized spacial score (nSPS) is 13.0. The van der Waals surface area contributed by atoms with E-state index in [0.717, 1.165) is 41.8 Å². The number of anilines is 1. The number of H-pyrrole nitrogens is 2. The third kappa shape index (κ3) is 2.48. The second-order valence-electron chi connectivity index (χ2n) is 6.36. The number of aromatic nitrogens is 4. The van der Waals surface area contributed by atoms with E-state index in [2.05, 4.69) is 20.6 Å². The molecule has 128 valence electrons. The lowest BCUT2D eigenvalue weighted by atomic mass is 10.1. The van der Waals surface area contributed by atoms with Crippen LogP contribution in [0.25, 0.3) is 5.69 Å². The van der Waals surface area contributed by atoms with E-state index in [0.29, 0.717) is 11.4 Å². The van der Waals surface area contributed by atoms with Crippen molar-refractivity contribution in [1.82, 2.24) is 20.0 Å². The fourth-order valence-electron chi connectivity index (χ4n) is 3.39. The third-order valence-electron chi connectivity index (χ3n) is 4.69. The molecule has 2 aromatic heterocycles. The van der Waals surface area contributed by atoms with Crippen molar-refractivity contribution in [3.8, 4) is 5.69 Å². The van der Waals surface area contributed by atoms with Crippen molar-refractivity contribution in [2.45, 2.75) is 33.1 Å². The van der Waals surface area contributed by atoms with Crippen LogP contribution in [0.4, 0.5) is 5.69 Å². The molecule has 1 aliphatic carbocycles. The Morgan fingerprint density at radius 2 is 2.00 bits per heavy atom. The highest BCUT2D eigenvalue weighted by Crippen LogP contribution is 2.29. The van der Waals surface area contributed by atoms with E-state index in [1.165, 1.54) is 0 Å². The van der Waals surface area contributed by atoms with Gasteiger partial charge in [-0.2, -0.15) is 5.10 Å². The molecule has 0 aliphatic heterocycles. The van der Waals surface area contributed by atoms with Gasteiger partial charge < -0.3 is 10.4 Å². The zero-order valence-electron chi connectivity index (χ0n) is 14.1. The largest absolute Gasteiger partial charge is 0.314 e. The van der Waals surface area contributed by atoms with E-state index in [1.54, 1.807) is 6.92 Å². The Morgan fingerprint density at radius 3 is 2.72 bits per heavy atom. The molecule has 0 fully saturated rings. The van der Waals surface area contributed by atoms with Gasteiger partial charge in [0.2, 0.25) is 0 Å². The van der Waals surface area contributed by atoms with E-state index >= 15 is 0 Å². The number of benzene rings is 1. The first kappa shape index (κ1) is 15.4. The minimum Gasteiger partial charge on any atom is -0.314 e. The fraction of sp³-hybridized carbons (Fsp3) is 0.278. The molecule has 0 atom stereocenters. The molecule has 25 heavy (non-hydrogen) atoms. The Bertz CT molecular complexity index is 1020. The number of carbonyl (C=O) groups is 1. The van der Waals surface area contributed by atoms with Gasteiger partial charge in [0.25, 0.3) is 11.5 Å². The van der Waals surface area contributed by atoms with Gasteiger partial charge in [-0.25, -0.2) is 4.68 Å². The fourth-order valence-corrected chi connectivity index (χ4v) is 3.39. The molecule has 2 heterocycles. The van der Waals surface area contributed by atoms with Crippen LogP contribution in [0.2, 0.25) is 0 Å². The number of aromatic amines is 2. The molecule has 0 saturated carbocycles. The van der Waals surface area contributed by atoms with Gasteiger partial charge in [-0.1, -0.05) is 18.2 Å². The van der Waals surface area contributed by atoms with Crippen LogP contribution in [0.5, 0.6) is 0 Å². The average Bonchev–Trinajstić information content (AvgIpc) is 3.27. The quantitative estimate of drug-likeness (QED) is 0.684. The minimum absolute atomic E-state index is 0.238. The Kier molecular flexibility index (Phi) is 3.56. The molecular formula is C18H19N5O2. The topological polar surface area (TPSA) is 95.6 Å². The monoisotopic (exact) mass is 337 g/mol. The number of carbonyl (C=O) groups excluding carboxylic acids is 1. The number of nitrogens with one attached hydrogen (secondary N) is 3. The summed E-state index contributed by atoms with van der Waals surface area (Å²) in [5, 5.41) is 12.4. The summed E-state index contributed by atoms with van der Waals surface area (Å²) in [6.07, 6.45) is 2.73. The van der Waals surface area contributed by atoms with E-state index in [-0.39, 0.29) is 17.2 Å². The van der Waals surface area contributed by atoms with Gasteiger partial charge in [-0.3, -0.25) is 14.7 Å². The summed E-state index contributed by atoms with van der Waals surface area (Å²) in [6.45, 7) is 3.75. The molecule has 1 amide bonds. The van der Waals surface area contributed by atoms with Gasteiger partial charge in [0.1, 0.15) is 5.69 Å². The maximum atomic E-state index is 12.8. The molecule has 0 bridgehead atoms. The van der Waals surface area contributed by atoms with Crippen LogP contribution in [0, 0.1) is 13.8 Å². The zero-order chi connectivity index (χ0) is 17.6. The van der Waals surface area contributed by atoms with E-state index in [4.69, 9.17) is 0 Å². The number of nitrogens with zero attached hydrogens (tertiary/aromatic N) is 2. The van der Waals surface area contributed by atoms with Crippen LogP contribution in [-0.2, 0) is 12.8 Å².